The second kappa shape index (κ2) is 7.78. The van der Waals surface area contributed by atoms with Crippen LogP contribution in [0.4, 0.5) is 5.69 Å². The highest BCUT2D eigenvalue weighted by atomic mass is 79.9. The van der Waals surface area contributed by atoms with Crippen LogP contribution in [0, 0.1) is 10.1 Å². The van der Waals surface area contributed by atoms with Crippen LogP contribution < -0.4 is 5.32 Å². The first-order chi connectivity index (χ1) is 9.36. The molecule has 0 aromatic heterocycles. The maximum absolute atomic E-state index is 11.4. The van der Waals surface area contributed by atoms with E-state index in [1.165, 1.54) is 24.3 Å². The van der Waals surface area contributed by atoms with E-state index in [0.717, 1.165) is 0 Å². The molecule has 6 nitrogen and oxygen atoms in total. The zero-order valence-corrected chi connectivity index (χ0v) is 13.1. The number of halogens is 3. The number of nitro groups is 1. The fourth-order valence-electron chi connectivity index (χ4n) is 1.47. The van der Waals surface area contributed by atoms with Gasteiger partial charge in [-0.3, -0.25) is 14.9 Å². The fraction of sp³-hybridized carbons (Fsp3) is 0.364. The maximum Gasteiger partial charge on any atom is 0.269 e. The van der Waals surface area contributed by atoms with E-state index >= 15 is 0 Å². The molecule has 0 saturated carbocycles. The summed E-state index contributed by atoms with van der Waals surface area (Å²) in [6, 6.07) is 5.08. The Morgan fingerprint density at radius 1 is 1.40 bits per heavy atom. The molecule has 0 heterocycles. The highest BCUT2D eigenvalue weighted by Crippen LogP contribution is 2.28. The predicted molar refractivity (Wildman–Crippen MR) is 79.3 cm³/mol. The molecule has 0 radical (unpaired) electrons. The van der Waals surface area contributed by atoms with Gasteiger partial charge in [0.1, 0.15) is 0 Å². The molecular weight excluding hydrogens is 375 g/mol. The number of hydrogen-bond donors (Lipinski definition) is 2. The van der Waals surface area contributed by atoms with E-state index in [0.29, 0.717) is 5.56 Å². The van der Waals surface area contributed by atoms with Gasteiger partial charge < -0.3 is 10.4 Å². The number of alkyl halides is 3. The summed E-state index contributed by atoms with van der Waals surface area (Å²) in [7, 11) is 0. The topological polar surface area (TPSA) is 92.5 Å². The van der Waals surface area contributed by atoms with E-state index in [1.54, 1.807) is 0 Å². The summed E-state index contributed by atoms with van der Waals surface area (Å²) < 4.78 is 0. The number of carbonyl (C=O) groups is 1. The molecule has 0 aliphatic rings. The lowest BCUT2D eigenvalue weighted by Gasteiger charge is -2.22. The Labute approximate surface area is 133 Å². The summed E-state index contributed by atoms with van der Waals surface area (Å²) in [4.78, 5) is 19.8. The minimum atomic E-state index is -1.24. The normalized spacial score (nSPS) is 13.8. The van der Waals surface area contributed by atoms with Crippen LogP contribution in [0.5, 0.6) is 0 Å². The van der Waals surface area contributed by atoms with Gasteiger partial charge in [0, 0.05) is 12.1 Å². The van der Waals surface area contributed by atoms with Crippen molar-refractivity contribution in [3.05, 3.63) is 39.9 Å². The Bertz CT molecular complexity index is 484. The number of hydrogen-bond acceptors (Lipinski definition) is 4. The van der Waals surface area contributed by atoms with Crippen molar-refractivity contribution in [3.8, 4) is 0 Å². The lowest BCUT2D eigenvalue weighted by Crippen LogP contribution is -2.42. The molecule has 1 aromatic carbocycles. The number of carbonyl (C=O) groups excluding carboxylic acids is 1. The van der Waals surface area contributed by atoms with Gasteiger partial charge in [-0.15, -0.1) is 0 Å². The van der Waals surface area contributed by atoms with E-state index in [-0.39, 0.29) is 12.3 Å². The average molecular weight is 386 g/mol. The number of benzene rings is 1. The Morgan fingerprint density at radius 2 is 1.95 bits per heavy atom. The number of nitro benzene ring substituents is 1. The Balaban J connectivity index is 2.82. The Hall–Kier alpha value is -0.890. The molecule has 110 valence electrons. The van der Waals surface area contributed by atoms with Gasteiger partial charge in [0.15, 0.2) is 4.84 Å². The molecule has 1 amide bonds. The van der Waals surface area contributed by atoms with Crippen molar-refractivity contribution < 1.29 is 14.8 Å². The van der Waals surface area contributed by atoms with Crippen LogP contribution >= 0.6 is 39.1 Å². The summed E-state index contributed by atoms with van der Waals surface area (Å²) in [5.74, 6) is -0.626. The molecule has 1 aromatic rings. The van der Waals surface area contributed by atoms with Gasteiger partial charge in [-0.25, -0.2) is 0 Å². The summed E-state index contributed by atoms with van der Waals surface area (Å²) in [5, 5.41) is 22.3. The van der Waals surface area contributed by atoms with Crippen LogP contribution in [0.15, 0.2) is 24.3 Å². The summed E-state index contributed by atoms with van der Waals surface area (Å²) in [5.41, 5.74) is 0.621. The standard InChI is InChI=1S/C11H11BrCl2N2O4/c12-9(8(5-17)15-11(18)10(13)14)6-1-3-7(4-2-6)16(19)20/h1-4,8-10,17H,5H2,(H,15,18). The van der Waals surface area contributed by atoms with Crippen molar-refractivity contribution in [3.63, 3.8) is 0 Å². The number of aliphatic hydroxyl groups is 1. The van der Waals surface area contributed by atoms with Crippen LogP contribution in [0.2, 0.25) is 0 Å². The van der Waals surface area contributed by atoms with E-state index in [4.69, 9.17) is 23.2 Å². The van der Waals surface area contributed by atoms with Crippen molar-refractivity contribution in [2.45, 2.75) is 15.7 Å². The average Bonchev–Trinajstić information content (AvgIpc) is 2.43. The van der Waals surface area contributed by atoms with Gasteiger partial charge in [-0.1, -0.05) is 51.3 Å². The van der Waals surface area contributed by atoms with Gasteiger partial charge in [0.2, 0.25) is 0 Å². The molecule has 20 heavy (non-hydrogen) atoms. The highest BCUT2D eigenvalue weighted by molar-refractivity contribution is 9.09. The lowest BCUT2D eigenvalue weighted by molar-refractivity contribution is -0.384. The molecule has 0 spiro atoms. The van der Waals surface area contributed by atoms with Crippen LogP contribution in [-0.2, 0) is 4.79 Å². The molecule has 0 bridgehead atoms. The SMILES string of the molecule is O=C(NC(CO)C(Br)c1ccc([N+](=O)[O-])cc1)C(Cl)Cl. The minimum Gasteiger partial charge on any atom is -0.394 e. The molecule has 1 rings (SSSR count). The molecular formula is C11H11BrCl2N2O4. The number of amides is 1. The third-order valence-electron chi connectivity index (χ3n) is 2.50. The fourth-order valence-corrected chi connectivity index (χ4v) is 2.20. The Morgan fingerprint density at radius 3 is 2.35 bits per heavy atom. The number of rotatable bonds is 6. The van der Waals surface area contributed by atoms with Crippen molar-refractivity contribution in [1.82, 2.24) is 5.32 Å². The number of aliphatic hydroxyl groups excluding tert-OH is 1. The van der Waals surface area contributed by atoms with E-state index in [9.17, 15) is 20.0 Å². The second-order valence-corrected chi connectivity index (χ2v) is 5.93. The Kier molecular flexibility index (Phi) is 6.67. The van der Waals surface area contributed by atoms with E-state index < -0.39 is 26.5 Å². The maximum atomic E-state index is 11.4. The zero-order chi connectivity index (χ0) is 15.3. The summed E-state index contributed by atoms with van der Waals surface area (Å²) in [6.07, 6.45) is 0. The molecule has 0 aliphatic heterocycles. The molecule has 0 aliphatic carbocycles. The highest BCUT2D eigenvalue weighted by Gasteiger charge is 2.24. The molecule has 9 heteroatoms. The van der Waals surface area contributed by atoms with Gasteiger partial charge in [-0.2, -0.15) is 0 Å². The van der Waals surface area contributed by atoms with Crippen molar-refractivity contribution in [2.24, 2.45) is 0 Å². The lowest BCUT2D eigenvalue weighted by atomic mass is 10.1. The van der Waals surface area contributed by atoms with Crippen LogP contribution in [0.25, 0.3) is 0 Å². The molecule has 2 unspecified atom stereocenters. The van der Waals surface area contributed by atoms with Crippen LogP contribution in [0.3, 0.4) is 0 Å². The van der Waals surface area contributed by atoms with Crippen LogP contribution in [-0.4, -0.2) is 33.4 Å². The van der Waals surface area contributed by atoms with E-state index in [2.05, 4.69) is 21.2 Å². The molecule has 0 saturated heterocycles. The van der Waals surface area contributed by atoms with E-state index in [1.807, 2.05) is 0 Å². The number of non-ortho nitro benzene ring substituents is 1. The van der Waals surface area contributed by atoms with Gasteiger partial charge in [0.05, 0.1) is 22.4 Å². The third kappa shape index (κ3) is 4.59. The molecule has 2 N–H and O–H groups in total. The zero-order valence-electron chi connectivity index (χ0n) is 10.0. The van der Waals surface area contributed by atoms with Gasteiger partial charge >= 0.3 is 0 Å². The quantitative estimate of drug-likeness (QED) is 0.446. The molecule has 0 fully saturated rings. The number of nitrogens with zero attached hydrogens (tertiary/aromatic N) is 1. The largest absolute Gasteiger partial charge is 0.394 e. The smallest absolute Gasteiger partial charge is 0.269 e. The van der Waals surface area contributed by atoms with Gasteiger partial charge in [-0.05, 0) is 5.56 Å². The third-order valence-corrected chi connectivity index (χ3v) is 4.06. The van der Waals surface area contributed by atoms with Crippen molar-refractivity contribution in [1.29, 1.82) is 0 Å². The predicted octanol–water partition coefficient (Wildman–Crippen LogP) is 2.31. The van der Waals surface area contributed by atoms with Gasteiger partial charge in [0.25, 0.3) is 11.6 Å². The van der Waals surface area contributed by atoms with Crippen LogP contribution in [0.1, 0.15) is 10.4 Å². The van der Waals surface area contributed by atoms with Crippen molar-refractivity contribution >= 4 is 50.7 Å². The minimum absolute atomic E-state index is 0.0420. The second-order valence-electron chi connectivity index (χ2n) is 3.85. The first-order valence-electron chi connectivity index (χ1n) is 5.44. The summed E-state index contributed by atoms with van der Waals surface area (Å²) >= 11 is 14.2. The monoisotopic (exact) mass is 384 g/mol. The summed E-state index contributed by atoms with van der Waals surface area (Å²) in [6.45, 7) is -0.348. The first kappa shape index (κ1) is 17.2. The first-order valence-corrected chi connectivity index (χ1v) is 7.23. The number of nitrogens with one attached hydrogen (secondary N) is 1. The molecule has 2 atom stereocenters. The van der Waals surface area contributed by atoms with Crippen molar-refractivity contribution in [2.75, 3.05) is 6.61 Å².